The largest absolute Gasteiger partial charge is 0.495 e. The fourth-order valence-electron chi connectivity index (χ4n) is 3.37. The van der Waals surface area contributed by atoms with E-state index in [0.29, 0.717) is 28.0 Å². The van der Waals surface area contributed by atoms with Gasteiger partial charge >= 0.3 is 0 Å². The molecule has 2 N–H and O–H groups in total. The zero-order chi connectivity index (χ0) is 21.2. The molecule has 0 saturated carbocycles. The number of fused-ring (bicyclic) bond motifs is 3. The van der Waals surface area contributed by atoms with Crippen LogP contribution in [0.25, 0.3) is 33.3 Å². The fraction of sp³-hybridized carbons (Fsp3) is 0.0870. The number of para-hydroxylation sites is 1. The molecule has 7 nitrogen and oxygen atoms in total. The monoisotopic (exact) mass is 430 g/mol. The van der Waals surface area contributed by atoms with Crippen LogP contribution >= 0.6 is 11.8 Å². The quantitative estimate of drug-likeness (QED) is 0.364. The molecule has 31 heavy (non-hydrogen) atoms. The number of ether oxygens (including phenoxy) is 1. The number of amides is 1. The second-order valence-electron chi connectivity index (χ2n) is 6.82. The number of carbonyl (C=O) groups excluding carboxylic acids is 1. The van der Waals surface area contributed by atoms with E-state index < -0.39 is 0 Å². The first-order valence-corrected chi connectivity index (χ1v) is 10.6. The van der Waals surface area contributed by atoms with Crippen LogP contribution < -0.4 is 10.1 Å². The predicted octanol–water partition coefficient (Wildman–Crippen LogP) is 5.11. The molecule has 0 fully saturated rings. The Balaban J connectivity index is 1.31. The lowest BCUT2D eigenvalue weighted by atomic mass is 10.1. The van der Waals surface area contributed by atoms with Crippen molar-refractivity contribution in [1.29, 1.82) is 0 Å². The molecular weight excluding hydrogens is 412 g/mol. The molecule has 0 spiro atoms. The molecule has 5 rings (SSSR count). The number of H-pyrrole nitrogens is 1. The molecule has 3 aromatic carbocycles. The smallest absolute Gasteiger partial charge is 0.234 e. The normalized spacial score (nSPS) is 11.1. The van der Waals surface area contributed by atoms with Crippen molar-refractivity contribution < 1.29 is 13.9 Å². The summed E-state index contributed by atoms with van der Waals surface area (Å²) in [6.45, 7) is 0. The Hall–Kier alpha value is -3.78. The van der Waals surface area contributed by atoms with E-state index in [2.05, 4.69) is 20.5 Å². The van der Waals surface area contributed by atoms with Crippen molar-refractivity contribution >= 4 is 45.3 Å². The number of benzene rings is 3. The van der Waals surface area contributed by atoms with Crippen LogP contribution in [-0.2, 0) is 4.79 Å². The highest BCUT2D eigenvalue weighted by molar-refractivity contribution is 7.99. The number of carbonyl (C=O) groups is 1. The predicted molar refractivity (Wildman–Crippen MR) is 121 cm³/mol. The molecule has 2 heterocycles. The Kier molecular flexibility index (Phi) is 5.05. The number of hydrogen-bond acceptors (Lipinski definition) is 6. The van der Waals surface area contributed by atoms with Crippen molar-refractivity contribution in [3.8, 4) is 17.1 Å². The summed E-state index contributed by atoms with van der Waals surface area (Å²) in [6, 6.07) is 21.2. The number of hydrogen-bond donors (Lipinski definition) is 2. The molecule has 2 aromatic heterocycles. The highest BCUT2D eigenvalue weighted by Crippen LogP contribution is 2.36. The van der Waals surface area contributed by atoms with Gasteiger partial charge in [0, 0.05) is 22.4 Å². The SMILES string of the molecule is COc1cc2c(cc1NC(=O)CSc1n[nH]c(-c3ccccc3)n1)oc1ccccc12. The highest BCUT2D eigenvalue weighted by atomic mass is 32.2. The molecule has 0 radical (unpaired) electrons. The maximum atomic E-state index is 12.6. The Morgan fingerprint density at radius 1 is 1.06 bits per heavy atom. The standard InChI is InChI=1S/C23H18N4O3S/c1-29-20-11-16-15-9-5-6-10-18(15)30-19(16)12-17(20)24-21(28)13-31-23-25-22(26-27-23)14-7-3-2-4-8-14/h2-12H,13H2,1H3,(H,24,28)(H,25,26,27). The number of rotatable bonds is 6. The first-order chi connectivity index (χ1) is 15.2. The van der Waals surface area contributed by atoms with Crippen molar-refractivity contribution in [1.82, 2.24) is 15.2 Å². The summed E-state index contributed by atoms with van der Waals surface area (Å²) in [5, 5.41) is 12.4. The summed E-state index contributed by atoms with van der Waals surface area (Å²) < 4.78 is 11.4. The first-order valence-electron chi connectivity index (χ1n) is 9.61. The molecular formula is C23H18N4O3S. The van der Waals surface area contributed by atoms with Crippen molar-refractivity contribution in [2.45, 2.75) is 5.16 Å². The Morgan fingerprint density at radius 2 is 1.87 bits per heavy atom. The Bertz CT molecular complexity index is 1380. The van der Waals surface area contributed by atoms with Crippen LogP contribution in [0.3, 0.4) is 0 Å². The lowest BCUT2D eigenvalue weighted by Gasteiger charge is -2.10. The Morgan fingerprint density at radius 3 is 2.71 bits per heavy atom. The number of aromatic nitrogens is 3. The highest BCUT2D eigenvalue weighted by Gasteiger charge is 2.15. The van der Waals surface area contributed by atoms with Gasteiger partial charge in [0.15, 0.2) is 5.82 Å². The molecule has 0 aliphatic heterocycles. The maximum absolute atomic E-state index is 12.6. The molecule has 0 saturated heterocycles. The minimum Gasteiger partial charge on any atom is -0.495 e. The van der Waals surface area contributed by atoms with Gasteiger partial charge in [-0.25, -0.2) is 4.98 Å². The van der Waals surface area contributed by atoms with Crippen molar-refractivity contribution in [3.05, 3.63) is 66.7 Å². The van der Waals surface area contributed by atoms with Crippen LogP contribution in [-0.4, -0.2) is 34.0 Å². The van der Waals surface area contributed by atoms with Gasteiger partial charge in [0.2, 0.25) is 11.1 Å². The van der Waals surface area contributed by atoms with Gasteiger partial charge in [-0.3, -0.25) is 9.89 Å². The molecule has 154 valence electrons. The third kappa shape index (κ3) is 3.85. The van der Waals surface area contributed by atoms with Gasteiger partial charge in [-0.15, -0.1) is 5.10 Å². The number of methoxy groups -OCH3 is 1. The van der Waals surface area contributed by atoms with E-state index in [1.807, 2.05) is 60.7 Å². The van der Waals surface area contributed by atoms with E-state index in [-0.39, 0.29) is 11.7 Å². The minimum atomic E-state index is -0.190. The van der Waals surface area contributed by atoms with Crippen molar-refractivity contribution in [2.75, 3.05) is 18.2 Å². The van der Waals surface area contributed by atoms with Gasteiger partial charge in [0.25, 0.3) is 0 Å². The second-order valence-corrected chi connectivity index (χ2v) is 7.76. The molecule has 0 aliphatic carbocycles. The molecule has 8 heteroatoms. The number of anilines is 1. The molecule has 1 amide bonds. The van der Waals surface area contributed by atoms with E-state index in [1.54, 1.807) is 13.2 Å². The minimum absolute atomic E-state index is 0.160. The van der Waals surface area contributed by atoms with Gasteiger partial charge in [-0.2, -0.15) is 0 Å². The van der Waals surface area contributed by atoms with E-state index in [4.69, 9.17) is 9.15 Å². The van der Waals surface area contributed by atoms with Crippen molar-refractivity contribution in [3.63, 3.8) is 0 Å². The number of thioether (sulfide) groups is 1. The maximum Gasteiger partial charge on any atom is 0.234 e. The summed E-state index contributed by atoms with van der Waals surface area (Å²) in [5.41, 5.74) is 2.97. The van der Waals surface area contributed by atoms with E-state index in [1.165, 1.54) is 11.8 Å². The molecule has 0 unspecified atom stereocenters. The third-order valence-electron chi connectivity index (χ3n) is 4.82. The van der Waals surface area contributed by atoms with E-state index in [0.717, 1.165) is 21.9 Å². The summed E-state index contributed by atoms with van der Waals surface area (Å²) in [4.78, 5) is 17.0. The molecule has 0 bridgehead atoms. The van der Waals surface area contributed by atoms with Crippen LogP contribution in [0.5, 0.6) is 5.75 Å². The zero-order valence-corrected chi connectivity index (χ0v) is 17.4. The van der Waals surface area contributed by atoms with Crippen LogP contribution in [0.4, 0.5) is 5.69 Å². The third-order valence-corrected chi connectivity index (χ3v) is 5.66. The number of nitrogens with one attached hydrogen (secondary N) is 2. The molecule has 0 aliphatic rings. The average Bonchev–Trinajstić information content (AvgIpc) is 3.42. The lowest BCUT2D eigenvalue weighted by Crippen LogP contribution is -2.14. The fourth-order valence-corrected chi connectivity index (χ4v) is 3.97. The topological polar surface area (TPSA) is 93.0 Å². The van der Waals surface area contributed by atoms with Gasteiger partial charge < -0.3 is 14.5 Å². The van der Waals surface area contributed by atoms with Gasteiger partial charge in [-0.1, -0.05) is 60.3 Å². The summed E-state index contributed by atoms with van der Waals surface area (Å²) >= 11 is 1.25. The molecule has 0 atom stereocenters. The van der Waals surface area contributed by atoms with Crippen LogP contribution in [0, 0.1) is 0 Å². The molecule has 5 aromatic rings. The number of nitrogens with zero attached hydrogens (tertiary/aromatic N) is 2. The van der Waals surface area contributed by atoms with Crippen LogP contribution in [0.2, 0.25) is 0 Å². The van der Waals surface area contributed by atoms with Gasteiger partial charge in [0.05, 0.1) is 18.6 Å². The van der Waals surface area contributed by atoms with Crippen molar-refractivity contribution in [2.24, 2.45) is 0 Å². The van der Waals surface area contributed by atoms with Crippen LogP contribution in [0.1, 0.15) is 0 Å². The zero-order valence-electron chi connectivity index (χ0n) is 16.6. The van der Waals surface area contributed by atoms with E-state index >= 15 is 0 Å². The average molecular weight is 430 g/mol. The first kappa shape index (κ1) is 19.2. The second kappa shape index (κ2) is 8.16. The van der Waals surface area contributed by atoms with E-state index in [9.17, 15) is 4.79 Å². The number of furan rings is 1. The summed E-state index contributed by atoms with van der Waals surface area (Å²) in [7, 11) is 1.58. The van der Waals surface area contributed by atoms with Gasteiger partial charge in [0.1, 0.15) is 16.9 Å². The number of aromatic amines is 1. The Labute approximate surface area is 181 Å². The lowest BCUT2D eigenvalue weighted by molar-refractivity contribution is -0.113. The van der Waals surface area contributed by atoms with Gasteiger partial charge in [-0.05, 0) is 12.1 Å². The summed E-state index contributed by atoms with van der Waals surface area (Å²) in [5.74, 6) is 1.21. The van der Waals surface area contributed by atoms with Crippen LogP contribution in [0.15, 0.2) is 76.3 Å². The summed E-state index contributed by atoms with van der Waals surface area (Å²) in [6.07, 6.45) is 0.